The minimum Gasteiger partial charge on any atom is -0.480 e. The Hall–Kier alpha value is -1.65. The molecular weight excluding hydrogens is 240 g/mol. The molecule has 0 saturated heterocycles. The number of aromatic nitrogens is 4. The van der Waals surface area contributed by atoms with Gasteiger partial charge in [-0.2, -0.15) is 4.52 Å². The quantitative estimate of drug-likeness (QED) is 0.741. The summed E-state index contributed by atoms with van der Waals surface area (Å²) in [5, 5.41) is 12.8. The maximum Gasteiger partial charge on any atom is 0.235 e. The first-order valence-electron chi connectivity index (χ1n) is 7.09. The molecule has 2 aromatic heterocycles. The van der Waals surface area contributed by atoms with Crippen molar-refractivity contribution >= 4 is 5.65 Å². The van der Waals surface area contributed by atoms with Gasteiger partial charge in [0.05, 0.1) is 7.11 Å². The first kappa shape index (κ1) is 13.8. The third-order valence-corrected chi connectivity index (χ3v) is 3.43. The minimum absolute atomic E-state index is 0.734. The summed E-state index contributed by atoms with van der Waals surface area (Å²) < 4.78 is 7.21. The Morgan fingerprint density at radius 1 is 1.00 bits per heavy atom. The van der Waals surface area contributed by atoms with Crippen LogP contribution in [0.4, 0.5) is 0 Å². The highest BCUT2D eigenvalue weighted by Gasteiger charge is 2.20. The van der Waals surface area contributed by atoms with Gasteiger partial charge in [0.1, 0.15) is 0 Å². The van der Waals surface area contributed by atoms with E-state index in [9.17, 15) is 0 Å². The third kappa shape index (κ3) is 2.41. The predicted octanol–water partition coefficient (Wildman–Crippen LogP) is 2.74. The first-order valence-corrected chi connectivity index (χ1v) is 7.09. The fourth-order valence-electron chi connectivity index (χ4n) is 2.55. The van der Waals surface area contributed by atoms with Crippen LogP contribution in [0.3, 0.4) is 0 Å². The molecule has 0 bridgehead atoms. The second-order valence-electron chi connectivity index (χ2n) is 4.51. The van der Waals surface area contributed by atoms with Gasteiger partial charge in [0.15, 0.2) is 11.5 Å². The van der Waals surface area contributed by atoms with E-state index in [1.54, 1.807) is 11.6 Å². The lowest BCUT2D eigenvalue weighted by Gasteiger charge is -2.11. The highest BCUT2D eigenvalue weighted by atomic mass is 16.5. The topological polar surface area (TPSA) is 52.3 Å². The summed E-state index contributed by atoms with van der Waals surface area (Å²) in [4.78, 5) is 0. The molecule has 0 N–H and O–H groups in total. The van der Waals surface area contributed by atoms with Crippen molar-refractivity contribution < 1.29 is 4.74 Å². The lowest BCUT2D eigenvalue weighted by Crippen LogP contribution is -2.06. The summed E-state index contributed by atoms with van der Waals surface area (Å²) in [6.45, 7) is 5.91. The fourth-order valence-corrected chi connectivity index (χ4v) is 2.55. The van der Waals surface area contributed by atoms with Crippen molar-refractivity contribution in [2.24, 2.45) is 0 Å². The summed E-state index contributed by atoms with van der Waals surface area (Å²) in [6, 6.07) is 0. The summed E-state index contributed by atoms with van der Waals surface area (Å²) in [7, 11) is 1.68. The van der Waals surface area contributed by atoms with E-state index in [-0.39, 0.29) is 0 Å². The van der Waals surface area contributed by atoms with E-state index in [0.717, 1.165) is 30.2 Å². The largest absolute Gasteiger partial charge is 0.480 e. The van der Waals surface area contributed by atoms with Gasteiger partial charge >= 0.3 is 0 Å². The van der Waals surface area contributed by atoms with Crippen LogP contribution in [0.1, 0.15) is 50.1 Å². The Morgan fingerprint density at radius 2 is 1.68 bits per heavy atom. The van der Waals surface area contributed by atoms with Gasteiger partial charge < -0.3 is 4.74 Å². The molecule has 0 radical (unpaired) electrons. The number of hydrogen-bond acceptors (Lipinski definition) is 4. The Labute approximate surface area is 114 Å². The van der Waals surface area contributed by atoms with Crippen LogP contribution in [0.25, 0.3) is 5.65 Å². The zero-order valence-corrected chi connectivity index (χ0v) is 12.2. The normalized spacial score (nSPS) is 14.3. The standard InChI is InChI=1S/C12H16N4O.C2H6/c1-8-13-14-11-9-6-4-3-5-7-10(9)12(17-2)15-16(8)11;1-2/h3-7H2,1-2H3;1-2H3. The van der Waals surface area contributed by atoms with Crippen molar-refractivity contribution in [2.75, 3.05) is 7.11 Å². The van der Waals surface area contributed by atoms with E-state index < -0.39 is 0 Å². The lowest BCUT2D eigenvalue weighted by atomic mass is 10.1. The SMILES string of the molecule is CC.COc1nn2c(C)nnc2c2c1CCCCC2. The maximum atomic E-state index is 5.41. The molecule has 3 rings (SSSR count). The molecule has 0 atom stereocenters. The average Bonchev–Trinajstić information content (AvgIpc) is 2.69. The first-order chi connectivity index (χ1) is 9.31. The van der Waals surface area contributed by atoms with E-state index >= 15 is 0 Å². The van der Waals surface area contributed by atoms with Crippen molar-refractivity contribution in [3.05, 3.63) is 17.0 Å². The van der Waals surface area contributed by atoms with Crippen LogP contribution in [-0.2, 0) is 12.8 Å². The van der Waals surface area contributed by atoms with Crippen LogP contribution < -0.4 is 4.74 Å². The molecular formula is C14H22N4O. The van der Waals surface area contributed by atoms with Crippen LogP contribution in [0.15, 0.2) is 0 Å². The summed E-state index contributed by atoms with van der Waals surface area (Å²) in [5.74, 6) is 1.54. The molecule has 0 spiro atoms. The highest BCUT2D eigenvalue weighted by molar-refractivity contribution is 5.54. The molecule has 2 heterocycles. The fraction of sp³-hybridized carbons (Fsp3) is 0.643. The number of rotatable bonds is 1. The molecule has 2 aromatic rings. The highest BCUT2D eigenvalue weighted by Crippen LogP contribution is 2.29. The molecule has 0 amide bonds. The van der Waals surface area contributed by atoms with E-state index in [2.05, 4.69) is 15.3 Å². The van der Waals surface area contributed by atoms with E-state index in [1.807, 2.05) is 20.8 Å². The van der Waals surface area contributed by atoms with Gasteiger partial charge in [-0.3, -0.25) is 0 Å². The van der Waals surface area contributed by atoms with Crippen molar-refractivity contribution in [1.82, 2.24) is 19.8 Å². The Morgan fingerprint density at radius 3 is 2.37 bits per heavy atom. The molecule has 104 valence electrons. The number of fused-ring (bicyclic) bond motifs is 3. The van der Waals surface area contributed by atoms with E-state index in [4.69, 9.17) is 4.74 Å². The lowest BCUT2D eigenvalue weighted by molar-refractivity contribution is 0.383. The molecule has 0 saturated carbocycles. The van der Waals surface area contributed by atoms with Gasteiger partial charge in [0.25, 0.3) is 0 Å². The smallest absolute Gasteiger partial charge is 0.235 e. The molecule has 0 unspecified atom stereocenters. The maximum absolute atomic E-state index is 5.41. The van der Waals surface area contributed by atoms with Gasteiger partial charge in [0, 0.05) is 11.1 Å². The number of ether oxygens (including phenoxy) is 1. The molecule has 0 aliphatic heterocycles. The number of aryl methyl sites for hydroxylation is 2. The molecule has 0 fully saturated rings. The van der Waals surface area contributed by atoms with Gasteiger partial charge in [-0.15, -0.1) is 15.3 Å². The monoisotopic (exact) mass is 262 g/mol. The Kier molecular flexibility index (Phi) is 4.35. The van der Waals surface area contributed by atoms with Gasteiger partial charge in [-0.25, -0.2) is 0 Å². The molecule has 1 aliphatic carbocycles. The zero-order chi connectivity index (χ0) is 13.8. The van der Waals surface area contributed by atoms with Gasteiger partial charge in [-0.05, 0) is 32.6 Å². The second kappa shape index (κ2) is 5.99. The van der Waals surface area contributed by atoms with E-state index in [0.29, 0.717) is 0 Å². The zero-order valence-electron chi connectivity index (χ0n) is 12.2. The van der Waals surface area contributed by atoms with Crippen LogP contribution in [0.2, 0.25) is 0 Å². The van der Waals surface area contributed by atoms with Crippen molar-refractivity contribution in [2.45, 2.75) is 52.9 Å². The number of hydrogen-bond donors (Lipinski definition) is 0. The molecule has 19 heavy (non-hydrogen) atoms. The number of nitrogens with zero attached hydrogens (tertiary/aromatic N) is 4. The van der Waals surface area contributed by atoms with Crippen LogP contribution in [0, 0.1) is 6.92 Å². The minimum atomic E-state index is 0.734. The summed E-state index contributed by atoms with van der Waals surface area (Å²) in [6.07, 6.45) is 5.76. The van der Waals surface area contributed by atoms with Gasteiger partial charge in [0.2, 0.25) is 5.88 Å². The second-order valence-corrected chi connectivity index (χ2v) is 4.51. The van der Waals surface area contributed by atoms with Gasteiger partial charge in [-0.1, -0.05) is 20.3 Å². The van der Waals surface area contributed by atoms with Crippen LogP contribution in [-0.4, -0.2) is 26.9 Å². The van der Waals surface area contributed by atoms with Crippen molar-refractivity contribution in [3.8, 4) is 5.88 Å². The van der Waals surface area contributed by atoms with Crippen molar-refractivity contribution in [3.63, 3.8) is 0 Å². The molecule has 1 aliphatic rings. The summed E-state index contributed by atoms with van der Waals surface area (Å²) >= 11 is 0. The Bertz CT molecular complexity index is 562. The van der Waals surface area contributed by atoms with E-state index in [1.165, 1.54) is 30.4 Å². The third-order valence-electron chi connectivity index (χ3n) is 3.43. The Balaban J connectivity index is 0.000000637. The molecule has 5 heteroatoms. The predicted molar refractivity (Wildman–Crippen MR) is 74.7 cm³/mol. The molecule has 0 aromatic carbocycles. The summed E-state index contributed by atoms with van der Waals surface area (Å²) in [5.41, 5.74) is 3.40. The van der Waals surface area contributed by atoms with Crippen LogP contribution >= 0.6 is 0 Å². The molecule has 5 nitrogen and oxygen atoms in total. The van der Waals surface area contributed by atoms with Crippen LogP contribution in [0.5, 0.6) is 5.88 Å². The van der Waals surface area contributed by atoms with Crippen molar-refractivity contribution in [1.29, 1.82) is 0 Å². The average molecular weight is 262 g/mol. The number of methoxy groups -OCH3 is 1.